The van der Waals surface area contributed by atoms with Crippen LogP contribution in [-0.4, -0.2) is 30.1 Å². The van der Waals surface area contributed by atoms with Gasteiger partial charge in [0.2, 0.25) is 5.95 Å². The van der Waals surface area contributed by atoms with Crippen LogP contribution in [0.4, 0.5) is 11.6 Å². The van der Waals surface area contributed by atoms with Gasteiger partial charge in [0.1, 0.15) is 17.3 Å². The van der Waals surface area contributed by atoms with Crippen LogP contribution in [-0.2, 0) is 6.54 Å². The van der Waals surface area contributed by atoms with Gasteiger partial charge in [0.25, 0.3) is 5.91 Å². The van der Waals surface area contributed by atoms with Gasteiger partial charge in [-0.15, -0.1) is 0 Å². The van der Waals surface area contributed by atoms with Crippen LogP contribution < -0.4 is 20.1 Å². The molecule has 134 valence electrons. The van der Waals surface area contributed by atoms with Gasteiger partial charge >= 0.3 is 0 Å². The monoisotopic (exact) mass is 354 g/mol. The number of aromatic nitrogens is 2. The van der Waals surface area contributed by atoms with Gasteiger partial charge in [-0.1, -0.05) is 0 Å². The van der Waals surface area contributed by atoms with E-state index in [1.54, 1.807) is 37.6 Å². The normalized spacial score (nSPS) is 10.2. The molecule has 0 aliphatic heterocycles. The fourth-order valence-corrected chi connectivity index (χ4v) is 2.22. The number of rotatable bonds is 7. The van der Waals surface area contributed by atoms with E-state index in [2.05, 4.69) is 20.6 Å². The Morgan fingerprint density at radius 1 is 1.15 bits per heavy atom. The third-order valence-electron chi connectivity index (χ3n) is 3.57. The van der Waals surface area contributed by atoms with Crippen LogP contribution in [0.3, 0.4) is 0 Å². The van der Waals surface area contributed by atoms with Gasteiger partial charge in [-0.25, -0.2) is 9.97 Å². The van der Waals surface area contributed by atoms with Crippen LogP contribution in [0.15, 0.2) is 53.4 Å². The van der Waals surface area contributed by atoms with Crippen molar-refractivity contribution in [3.8, 4) is 11.5 Å². The van der Waals surface area contributed by atoms with E-state index in [9.17, 15) is 4.79 Å². The standard InChI is InChI=1S/C18H18N4O4/c1-24-13-5-6-16(25-2)15(8-13)22-17(23)12-9-19-18(20-10-12)21-11-14-4-3-7-26-14/h3-10H,11H2,1-2H3,(H,22,23)(H,19,20,21). The second-order valence-electron chi connectivity index (χ2n) is 5.25. The minimum atomic E-state index is -0.353. The minimum Gasteiger partial charge on any atom is -0.497 e. The number of hydrogen-bond donors (Lipinski definition) is 2. The Bertz CT molecular complexity index is 863. The Balaban J connectivity index is 1.66. The van der Waals surface area contributed by atoms with E-state index >= 15 is 0 Å². The van der Waals surface area contributed by atoms with Gasteiger partial charge in [-0.3, -0.25) is 4.79 Å². The summed E-state index contributed by atoms with van der Waals surface area (Å²) in [5.74, 6) is 1.94. The number of carbonyl (C=O) groups is 1. The molecule has 2 heterocycles. The number of furan rings is 1. The molecule has 8 heteroatoms. The molecular formula is C18H18N4O4. The molecule has 0 unspecified atom stereocenters. The Morgan fingerprint density at radius 3 is 2.62 bits per heavy atom. The highest BCUT2D eigenvalue weighted by atomic mass is 16.5. The van der Waals surface area contributed by atoms with Crippen molar-refractivity contribution in [1.82, 2.24) is 9.97 Å². The van der Waals surface area contributed by atoms with Crippen LogP contribution in [0.2, 0.25) is 0 Å². The summed E-state index contributed by atoms with van der Waals surface area (Å²) in [6.45, 7) is 0.458. The number of anilines is 2. The van der Waals surface area contributed by atoms with Crippen LogP contribution in [0.1, 0.15) is 16.1 Å². The maximum Gasteiger partial charge on any atom is 0.258 e. The molecule has 1 aromatic carbocycles. The van der Waals surface area contributed by atoms with E-state index in [-0.39, 0.29) is 5.91 Å². The molecule has 0 fully saturated rings. The lowest BCUT2D eigenvalue weighted by molar-refractivity contribution is 0.102. The van der Waals surface area contributed by atoms with E-state index < -0.39 is 0 Å². The molecule has 0 saturated carbocycles. The van der Waals surface area contributed by atoms with E-state index in [1.807, 2.05) is 6.07 Å². The molecular weight excluding hydrogens is 336 g/mol. The molecule has 3 aromatic rings. The van der Waals surface area contributed by atoms with Crippen molar-refractivity contribution in [2.24, 2.45) is 0 Å². The first-order valence-electron chi connectivity index (χ1n) is 7.81. The largest absolute Gasteiger partial charge is 0.497 e. The number of benzene rings is 1. The van der Waals surface area contributed by atoms with E-state index in [0.717, 1.165) is 5.76 Å². The third kappa shape index (κ3) is 4.10. The summed E-state index contributed by atoms with van der Waals surface area (Å²) < 4.78 is 15.6. The summed E-state index contributed by atoms with van der Waals surface area (Å²) in [5.41, 5.74) is 0.815. The molecule has 0 aliphatic carbocycles. The molecule has 3 rings (SSSR count). The maximum atomic E-state index is 12.4. The molecule has 0 spiro atoms. The van der Waals surface area contributed by atoms with Crippen molar-refractivity contribution in [3.63, 3.8) is 0 Å². The zero-order chi connectivity index (χ0) is 18.4. The predicted molar refractivity (Wildman–Crippen MR) is 95.6 cm³/mol. The highest BCUT2D eigenvalue weighted by Gasteiger charge is 2.12. The predicted octanol–water partition coefficient (Wildman–Crippen LogP) is 2.95. The first-order chi connectivity index (χ1) is 12.7. The van der Waals surface area contributed by atoms with Crippen LogP contribution in [0.5, 0.6) is 11.5 Å². The first-order valence-corrected chi connectivity index (χ1v) is 7.81. The number of methoxy groups -OCH3 is 2. The molecule has 1 amide bonds. The van der Waals surface area contributed by atoms with Crippen molar-refractivity contribution in [3.05, 3.63) is 60.3 Å². The second-order valence-corrected chi connectivity index (χ2v) is 5.25. The van der Waals surface area contributed by atoms with Crippen molar-refractivity contribution in [2.75, 3.05) is 24.9 Å². The molecule has 0 aliphatic rings. The average molecular weight is 354 g/mol. The summed E-state index contributed by atoms with van der Waals surface area (Å²) in [6, 6.07) is 8.79. The maximum absolute atomic E-state index is 12.4. The van der Waals surface area contributed by atoms with Crippen molar-refractivity contribution in [2.45, 2.75) is 6.54 Å². The number of carbonyl (C=O) groups excluding carboxylic acids is 1. The number of nitrogens with one attached hydrogen (secondary N) is 2. The number of amides is 1. The Morgan fingerprint density at radius 2 is 1.96 bits per heavy atom. The molecule has 0 saturated heterocycles. The zero-order valence-electron chi connectivity index (χ0n) is 14.4. The molecule has 0 radical (unpaired) electrons. The van der Waals surface area contributed by atoms with Crippen molar-refractivity contribution in [1.29, 1.82) is 0 Å². The first kappa shape index (κ1) is 17.3. The Hall–Kier alpha value is -3.55. The average Bonchev–Trinajstić information content (AvgIpc) is 3.20. The Kier molecular flexibility index (Phi) is 5.33. The lowest BCUT2D eigenvalue weighted by atomic mass is 10.2. The van der Waals surface area contributed by atoms with Gasteiger partial charge in [-0.05, 0) is 24.3 Å². The summed E-state index contributed by atoms with van der Waals surface area (Å²) in [5, 5.41) is 5.78. The molecule has 0 bridgehead atoms. The van der Waals surface area contributed by atoms with Crippen molar-refractivity contribution < 1.29 is 18.7 Å². The summed E-state index contributed by atoms with van der Waals surface area (Å²) >= 11 is 0. The van der Waals surface area contributed by atoms with E-state index in [1.165, 1.54) is 19.5 Å². The number of nitrogens with zero attached hydrogens (tertiary/aromatic N) is 2. The second kappa shape index (κ2) is 8.02. The van der Waals surface area contributed by atoms with Crippen LogP contribution >= 0.6 is 0 Å². The highest BCUT2D eigenvalue weighted by molar-refractivity contribution is 6.04. The fourth-order valence-electron chi connectivity index (χ4n) is 2.22. The number of ether oxygens (including phenoxy) is 2. The lowest BCUT2D eigenvalue weighted by Crippen LogP contribution is -2.14. The quantitative estimate of drug-likeness (QED) is 0.673. The van der Waals surface area contributed by atoms with Gasteiger partial charge in [0, 0.05) is 18.5 Å². The van der Waals surface area contributed by atoms with E-state index in [0.29, 0.717) is 35.2 Å². The molecule has 2 N–H and O–H groups in total. The van der Waals surface area contributed by atoms with Gasteiger partial charge in [0.05, 0.1) is 38.3 Å². The molecule has 2 aromatic heterocycles. The van der Waals surface area contributed by atoms with Crippen molar-refractivity contribution >= 4 is 17.5 Å². The van der Waals surface area contributed by atoms with E-state index in [4.69, 9.17) is 13.9 Å². The Labute approximate surface area is 150 Å². The smallest absolute Gasteiger partial charge is 0.258 e. The van der Waals surface area contributed by atoms with Gasteiger partial charge < -0.3 is 24.5 Å². The van der Waals surface area contributed by atoms with Gasteiger partial charge in [-0.2, -0.15) is 0 Å². The molecule has 8 nitrogen and oxygen atoms in total. The SMILES string of the molecule is COc1ccc(OC)c(NC(=O)c2cnc(NCc3ccco3)nc2)c1. The number of hydrogen-bond acceptors (Lipinski definition) is 7. The minimum absolute atomic E-state index is 0.318. The summed E-state index contributed by atoms with van der Waals surface area (Å²) in [4.78, 5) is 20.7. The topological polar surface area (TPSA) is 98.5 Å². The lowest BCUT2D eigenvalue weighted by Gasteiger charge is -2.11. The molecule has 0 atom stereocenters. The third-order valence-corrected chi connectivity index (χ3v) is 3.57. The van der Waals surface area contributed by atoms with Crippen LogP contribution in [0, 0.1) is 0 Å². The molecule has 26 heavy (non-hydrogen) atoms. The van der Waals surface area contributed by atoms with Gasteiger partial charge in [0.15, 0.2) is 0 Å². The fraction of sp³-hybridized carbons (Fsp3) is 0.167. The zero-order valence-corrected chi connectivity index (χ0v) is 14.4. The summed E-state index contributed by atoms with van der Waals surface area (Å²) in [6.07, 6.45) is 4.48. The summed E-state index contributed by atoms with van der Waals surface area (Å²) in [7, 11) is 3.08. The van der Waals surface area contributed by atoms with Crippen LogP contribution in [0.25, 0.3) is 0 Å². The highest BCUT2D eigenvalue weighted by Crippen LogP contribution is 2.29.